The fraction of sp³-hybridized carbons (Fsp3) is 0.222. The van der Waals surface area contributed by atoms with Crippen LogP contribution in [0.15, 0.2) is 61.2 Å². The lowest BCUT2D eigenvalue weighted by Gasteiger charge is -2.21. The van der Waals surface area contributed by atoms with Crippen molar-refractivity contribution in [2.24, 2.45) is 0 Å². The smallest absolute Gasteiger partial charge is 0.0405 e. The molecule has 0 radical (unpaired) electrons. The zero-order chi connectivity index (χ0) is 13.2. The molecule has 19 heavy (non-hydrogen) atoms. The largest absolute Gasteiger partial charge is 0.381 e. The minimum atomic E-state index is 0.355. The Labute approximate surface area is 115 Å². The molecule has 0 spiro atoms. The first-order chi connectivity index (χ1) is 9.28. The first kappa shape index (κ1) is 12.0. The maximum atomic E-state index is 4.02. The van der Waals surface area contributed by atoms with Crippen molar-refractivity contribution in [1.29, 1.82) is 0 Å². The predicted octanol–water partition coefficient (Wildman–Crippen LogP) is 4.30. The molecule has 0 aromatic heterocycles. The number of benzene rings is 2. The molecule has 0 bridgehead atoms. The molecule has 96 valence electrons. The van der Waals surface area contributed by atoms with E-state index in [-0.39, 0.29) is 0 Å². The van der Waals surface area contributed by atoms with Gasteiger partial charge in [0.1, 0.15) is 0 Å². The van der Waals surface area contributed by atoms with Crippen molar-refractivity contribution in [3.8, 4) is 0 Å². The van der Waals surface area contributed by atoms with Gasteiger partial charge in [-0.15, -0.1) is 6.58 Å². The molecule has 0 amide bonds. The van der Waals surface area contributed by atoms with Crippen LogP contribution in [0.4, 0.5) is 5.69 Å². The van der Waals surface area contributed by atoms with Gasteiger partial charge in [-0.05, 0) is 30.5 Å². The number of anilines is 1. The van der Waals surface area contributed by atoms with Gasteiger partial charge in [-0.1, -0.05) is 54.1 Å². The van der Waals surface area contributed by atoms with Crippen LogP contribution in [-0.2, 0) is 6.42 Å². The van der Waals surface area contributed by atoms with Crippen LogP contribution in [0.3, 0.4) is 0 Å². The molecule has 0 fully saturated rings. The highest BCUT2D eigenvalue weighted by Gasteiger charge is 2.27. The molecule has 3 rings (SSSR count). The summed E-state index contributed by atoms with van der Waals surface area (Å²) in [5.74, 6) is 0.355. The van der Waals surface area contributed by atoms with Crippen molar-refractivity contribution < 1.29 is 0 Å². The summed E-state index contributed by atoms with van der Waals surface area (Å²) >= 11 is 0. The van der Waals surface area contributed by atoms with E-state index < -0.39 is 0 Å². The molecule has 1 aliphatic rings. The fourth-order valence-electron chi connectivity index (χ4n) is 2.94. The first-order valence-corrected chi connectivity index (χ1v) is 6.81. The summed E-state index contributed by atoms with van der Waals surface area (Å²) in [6, 6.07) is 17.7. The summed E-state index contributed by atoms with van der Waals surface area (Å²) in [7, 11) is 0. The van der Waals surface area contributed by atoms with Gasteiger partial charge in [-0.3, -0.25) is 0 Å². The third-order valence-corrected chi connectivity index (χ3v) is 3.91. The molecule has 1 heteroatoms. The number of hydrogen-bond acceptors (Lipinski definition) is 1. The highest BCUT2D eigenvalue weighted by atomic mass is 15.0. The normalized spacial score (nSPS) is 18.5. The number of nitrogens with one attached hydrogen (secondary N) is 1. The topological polar surface area (TPSA) is 12.0 Å². The van der Waals surface area contributed by atoms with Gasteiger partial charge in [0.25, 0.3) is 0 Å². The summed E-state index contributed by atoms with van der Waals surface area (Å²) in [6.07, 6.45) is 3.13. The highest BCUT2D eigenvalue weighted by Crippen LogP contribution is 2.34. The Kier molecular flexibility index (Phi) is 3.12. The second-order valence-electron chi connectivity index (χ2n) is 5.29. The van der Waals surface area contributed by atoms with Gasteiger partial charge < -0.3 is 5.32 Å². The van der Waals surface area contributed by atoms with Gasteiger partial charge in [0.05, 0.1) is 0 Å². The van der Waals surface area contributed by atoms with E-state index >= 15 is 0 Å². The van der Waals surface area contributed by atoms with Crippen molar-refractivity contribution in [2.45, 2.75) is 25.3 Å². The Bertz CT molecular complexity index is 586. The number of aryl methyl sites for hydroxylation is 1. The van der Waals surface area contributed by atoms with Crippen molar-refractivity contribution in [1.82, 2.24) is 0 Å². The third kappa shape index (κ3) is 2.28. The molecule has 2 aromatic carbocycles. The van der Waals surface area contributed by atoms with Gasteiger partial charge in [0.15, 0.2) is 0 Å². The van der Waals surface area contributed by atoms with Gasteiger partial charge in [0, 0.05) is 17.6 Å². The summed E-state index contributed by atoms with van der Waals surface area (Å²) in [4.78, 5) is 0. The van der Waals surface area contributed by atoms with Gasteiger partial charge >= 0.3 is 0 Å². The van der Waals surface area contributed by atoms with E-state index in [1.807, 2.05) is 0 Å². The summed E-state index contributed by atoms with van der Waals surface area (Å²) in [5.41, 5.74) is 5.36. The lowest BCUT2D eigenvalue weighted by Crippen LogP contribution is -2.23. The zero-order valence-corrected chi connectivity index (χ0v) is 11.3. The van der Waals surface area contributed by atoms with Crippen molar-refractivity contribution >= 4 is 5.69 Å². The van der Waals surface area contributed by atoms with Crippen LogP contribution < -0.4 is 5.32 Å². The average Bonchev–Trinajstić information content (AvgIpc) is 2.83. The summed E-state index contributed by atoms with van der Waals surface area (Å²) in [5, 5.41) is 3.64. The Hall–Kier alpha value is -2.02. The van der Waals surface area contributed by atoms with Crippen LogP contribution in [0.5, 0.6) is 0 Å². The van der Waals surface area contributed by atoms with Crippen LogP contribution in [0.1, 0.15) is 22.6 Å². The van der Waals surface area contributed by atoms with E-state index in [9.17, 15) is 0 Å². The lowest BCUT2D eigenvalue weighted by molar-refractivity contribution is 0.672. The van der Waals surface area contributed by atoms with Crippen LogP contribution in [0, 0.1) is 6.92 Å². The molecule has 0 aliphatic carbocycles. The Morgan fingerprint density at radius 1 is 1.21 bits per heavy atom. The number of hydrogen-bond donors (Lipinski definition) is 1. The SMILES string of the molecule is C=C[C@@H](c1ccccc1)[C@@H]1Cc2cc(C)ccc2N1. The minimum Gasteiger partial charge on any atom is -0.381 e. The van der Waals surface area contributed by atoms with Crippen LogP contribution in [-0.4, -0.2) is 6.04 Å². The van der Waals surface area contributed by atoms with Crippen LogP contribution in [0.2, 0.25) is 0 Å². The molecule has 0 unspecified atom stereocenters. The second kappa shape index (κ2) is 4.93. The van der Waals surface area contributed by atoms with Crippen LogP contribution >= 0.6 is 0 Å². The molecule has 1 nitrogen and oxygen atoms in total. The second-order valence-corrected chi connectivity index (χ2v) is 5.29. The van der Waals surface area contributed by atoms with Crippen LogP contribution in [0.25, 0.3) is 0 Å². The minimum absolute atomic E-state index is 0.355. The molecule has 2 aromatic rings. The van der Waals surface area contributed by atoms with Crippen molar-refractivity contribution in [3.63, 3.8) is 0 Å². The number of rotatable bonds is 3. The van der Waals surface area contributed by atoms with E-state index in [4.69, 9.17) is 0 Å². The predicted molar refractivity (Wildman–Crippen MR) is 81.7 cm³/mol. The lowest BCUT2D eigenvalue weighted by atomic mass is 9.90. The van der Waals surface area contributed by atoms with Gasteiger partial charge in [-0.25, -0.2) is 0 Å². The monoisotopic (exact) mass is 249 g/mol. The Morgan fingerprint density at radius 2 is 2.00 bits per heavy atom. The molecule has 2 atom stereocenters. The Morgan fingerprint density at radius 3 is 2.74 bits per heavy atom. The van der Waals surface area contributed by atoms with Gasteiger partial charge in [0.2, 0.25) is 0 Å². The maximum Gasteiger partial charge on any atom is 0.0405 e. The first-order valence-electron chi connectivity index (χ1n) is 6.81. The van der Waals surface area contributed by atoms with E-state index in [0.717, 1.165) is 6.42 Å². The molecule has 0 saturated heterocycles. The average molecular weight is 249 g/mol. The summed E-state index contributed by atoms with van der Waals surface area (Å²) < 4.78 is 0. The molecular weight excluding hydrogens is 230 g/mol. The van der Waals surface area contributed by atoms with E-state index in [1.165, 1.54) is 22.4 Å². The molecular formula is C18H19N. The van der Waals surface area contributed by atoms with Crippen molar-refractivity contribution in [3.05, 3.63) is 77.9 Å². The zero-order valence-electron chi connectivity index (χ0n) is 11.3. The molecule has 0 saturated carbocycles. The van der Waals surface area contributed by atoms with Gasteiger partial charge in [-0.2, -0.15) is 0 Å². The Balaban J connectivity index is 1.87. The van der Waals surface area contributed by atoms with Crippen molar-refractivity contribution in [2.75, 3.05) is 5.32 Å². The number of fused-ring (bicyclic) bond motifs is 1. The van der Waals surface area contributed by atoms with E-state index in [0.29, 0.717) is 12.0 Å². The van der Waals surface area contributed by atoms with E-state index in [2.05, 4.69) is 73.4 Å². The maximum absolute atomic E-state index is 4.02. The van der Waals surface area contributed by atoms with E-state index in [1.54, 1.807) is 0 Å². The summed E-state index contributed by atoms with van der Waals surface area (Å²) in [6.45, 7) is 6.17. The third-order valence-electron chi connectivity index (χ3n) is 3.91. The quantitative estimate of drug-likeness (QED) is 0.800. The fourth-order valence-corrected chi connectivity index (χ4v) is 2.94. The molecule has 1 N–H and O–H groups in total. The molecule has 1 aliphatic heterocycles. The highest BCUT2D eigenvalue weighted by molar-refractivity contribution is 5.59. The standard InChI is InChI=1S/C18H19N/c1-3-16(14-7-5-4-6-8-14)18-12-15-11-13(2)9-10-17(15)19-18/h3-11,16,18-19H,1,12H2,2H3/t16-,18-/m0/s1. The molecule has 1 heterocycles.